The Balaban J connectivity index is 1.29. The van der Waals surface area contributed by atoms with Crippen LogP contribution in [0, 0.1) is 0 Å². The first kappa shape index (κ1) is 16.8. The number of pyridine rings is 1. The molecular formula is C17H17F3N6S. The first-order valence-corrected chi connectivity index (χ1v) is 9.64. The van der Waals surface area contributed by atoms with Crippen LogP contribution >= 0.6 is 11.5 Å². The summed E-state index contributed by atoms with van der Waals surface area (Å²) in [6.45, 7) is 3.19. The molecule has 0 N–H and O–H groups in total. The van der Waals surface area contributed by atoms with Crippen molar-refractivity contribution in [3.05, 3.63) is 36.0 Å². The highest BCUT2D eigenvalue weighted by molar-refractivity contribution is 7.09. The van der Waals surface area contributed by atoms with Gasteiger partial charge in [-0.2, -0.15) is 17.5 Å². The highest BCUT2D eigenvalue weighted by Crippen LogP contribution is 2.39. The van der Waals surface area contributed by atoms with Gasteiger partial charge in [0, 0.05) is 56.0 Å². The maximum atomic E-state index is 12.8. The summed E-state index contributed by atoms with van der Waals surface area (Å²) in [6.07, 6.45) is 0.700. The minimum atomic E-state index is -4.43. The topological polar surface area (TPSA) is 49.6 Å². The van der Waals surface area contributed by atoms with Crippen molar-refractivity contribution < 1.29 is 13.2 Å². The minimum Gasteiger partial charge on any atom is -0.367 e. The van der Waals surface area contributed by atoms with Crippen LogP contribution < -0.4 is 9.80 Å². The molecule has 1 saturated carbocycles. The second-order valence-corrected chi connectivity index (χ2v) is 7.69. The first-order chi connectivity index (χ1) is 13.0. The average Bonchev–Trinajstić information content (AvgIpc) is 3.21. The molecule has 0 spiro atoms. The third-order valence-electron chi connectivity index (χ3n) is 5.01. The molecule has 142 valence electrons. The first-order valence-electron chi connectivity index (χ1n) is 8.87. The van der Waals surface area contributed by atoms with Gasteiger partial charge in [0.2, 0.25) is 5.13 Å². The Bertz CT molecular complexity index is 969. The van der Waals surface area contributed by atoms with Crippen molar-refractivity contribution in [3.63, 3.8) is 0 Å². The molecule has 4 heterocycles. The van der Waals surface area contributed by atoms with Crippen LogP contribution in [0.3, 0.4) is 0 Å². The molecule has 3 aromatic rings. The number of fused-ring (bicyclic) bond motifs is 1. The van der Waals surface area contributed by atoms with Crippen molar-refractivity contribution in [2.75, 3.05) is 36.0 Å². The molecule has 0 atom stereocenters. The lowest BCUT2D eigenvalue weighted by Crippen LogP contribution is -2.46. The fourth-order valence-electron chi connectivity index (χ4n) is 3.32. The molecule has 3 aromatic heterocycles. The number of aromatic nitrogens is 4. The van der Waals surface area contributed by atoms with E-state index in [0.29, 0.717) is 11.6 Å². The average molecular weight is 394 g/mol. The summed E-state index contributed by atoms with van der Waals surface area (Å²) in [6, 6.07) is 3.46. The van der Waals surface area contributed by atoms with Crippen LogP contribution in [0.2, 0.25) is 0 Å². The van der Waals surface area contributed by atoms with E-state index in [1.54, 1.807) is 12.3 Å². The molecule has 1 saturated heterocycles. The maximum absolute atomic E-state index is 12.8. The van der Waals surface area contributed by atoms with E-state index in [4.69, 9.17) is 0 Å². The van der Waals surface area contributed by atoms with Crippen molar-refractivity contribution in [2.24, 2.45) is 0 Å². The molecule has 0 amide bonds. The van der Waals surface area contributed by atoms with Crippen LogP contribution in [0.1, 0.15) is 30.3 Å². The Hall–Kier alpha value is -2.36. The van der Waals surface area contributed by atoms with E-state index in [1.807, 2.05) is 6.07 Å². The Morgan fingerprint density at radius 1 is 0.963 bits per heavy atom. The van der Waals surface area contributed by atoms with E-state index in [1.165, 1.54) is 28.8 Å². The van der Waals surface area contributed by atoms with Crippen molar-refractivity contribution in [2.45, 2.75) is 24.9 Å². The molecule has 0 bridgehead atoms. The zero-order valence-electron chi connectivity index (χ0n) is 14.4. The number of anilines is 2. The summed E-state index contributed by atoms with van der Waals surface area (Å²) >= 11 is 1.46. The monoisotopic (exact) mass is 394 g/mol. The van der Waals surface area contributed by atoms with Crippen LogP contribution in [0.15, 0.2) is 24.5 Å². The van der Waals surface area contributed by atoms with E-state index < -0.39 is 11.9 Å². The van der Waals surface area contributed by atoms with Crippen molar-refractivity contribution in [1.82, 2.24) is 18.7 Å². The smallest absolute Gasteiger partial charge is 0.367 e. The molecule has 2 fully saturated rings. The van der Waals surface area contributed by atoms with E-state index in [-0.39, 0.29) is 0 Å². The number of hydrogen-bond donors (Lipinski definition) is 0. The molecule has 2 aliphatic rings. The zero-order valence-corrected chi connectivity index (χ0v) is 15.2. The quantitative estimate of drug-likeness (QED) is 0.682. The molecule has 0 unspecified atom stereocenters. The van der Waals surface area contributed by atoms with Gasteiger partial charge in [0.15, 0.2) is 5.69 Å². The summed E-state index contributed by atoms with van der Waals surface area (Å²) in [4.78, 5) is 12.7. The zero-order chi connectivity index (χ0) is 18.6. The van der Waals surface area contributed by atoms with Crippen molar-refractivity contribution in [3.8, 4) is 0 Å². The highest BCUT2D eigenvalue weighted by atomic mass is 32.1. The molecule has 10 heteroatoms. The Labute approximate surface area is 157 Å². The Kier molecular flexibility index (Phi) is 3.78. The Morgan fingerprint density at radius 3 is 2.41 bits per heavy atom. The van der Waals surface area contributed by atoms with Crippen LogP contribution in [0.25, 0.3) is 5.65 Å². The summed E-state index contributed by atoms with van der Waals surface area (Å²) in [5.41, 5.74) is 0.322. The summed E-state index contributed by atoms with van der Waals surface area (Å²) in [5.74, 6) is 1.53. The fourth-order valence-corrected chi connectivity index (χ4v) is 4.12. The third-order valence-corrected chi connectivity index (χ3v) is 5.81. The van der Waals surface area contributed by atoms with Crippen molar-refractivity contribution >= 4 is 28.0 Å². The van der Waals surface area contributed by atoms with Crippen LogP contribution in [-0.2, 0) is 6.18 Å². The van der Waals surface area contributed by atoms with Gasteiger partial charge in [-0.1, -0.05) is 0 Å². The molecular weight excluding hydrogens is 377 g/mol. The number of piperazine rings is 1. The molecule has 6 nitrogen and oxygen atoms in total. The number of hydrogen-bond acceptors (Lipinski definition) is 6. The van der Waals surface area contributed by atoms with Gasteiger partial charge in [-0.3, -0.25) is 0 Å². The van der Waals surface area contributed by atoms with Gasteiger partial charge in [-0.25, -0.2) is 9.97 Å². The molecule has 0 aromatic carbocycles. The predicted octanol–water partition coefficient (Wildman–Crippen LogP) is 3.41. The molecule has 27 heavy (non-hydrogen) atoms. The van der Waals surface area contributed by atoms with Gasteiger partial charge in [0.05, 0.1) is 5.69 Å². The van der Waals surface area contributed by atoms with Gasteiger partial charge >= 0.3 is 6.18 Å². The van der Waals surface area contributed by atoms with Crippen molar-refractivity contribution in [1.29, 1.82) is 0 Å². The van der Waals surface area contributed by atoms with E-state index in [2.05, 4.69) is 24.1 Å². The van der Waals surface area contributed by atoms with Crippen LogP contribution in [0.4, 0.5) is 24.0 Å². The number of halogens is 3. The maximum Gasteiger partial charge on any atom is 0.434 e. The fraction of sp³-hybridized carbons (Fsp3) is 0.471. The molecule has 5 rings (SSSR count). The second-order valence-electron chi connectivity index (χ2n) is 6.96. The summed E-state index contributed by atoms with van der Waals surface area (Å²) in [7, 11) is 0. The molecule has 0 radical (unpaired) electrons. The third kappa shape index (κ3) is 3.22. The van der Waals surface area contributed by atoms with Gasteiger partial charge in [0.25, 0.3) is 0 Å². The molecule has 1 aliphatic carbocycles. The van der Waals surface area contributed by atoms with Crippen LogP contribution in [-0.4, -0.2) is 44.9 Å². The van der Waals surface area contributed by atoms with E-state index in [9.17, 15) is 13.2 Å². The van der Waals surface area contributed by atoms with Gasteiger partial charge in [0.1, 0.15) is 11.5 Å². The number of rotatable bonds is 3. The second kappa shape index (κ2) is 6.08. The number of alkyl halides is 3. The Morgan fingerprint density at radius 2 is 1.70 bits per heavy atom. The number of nitrogens with zero attached hydrogens (tertiary/aromatic N) is 6. The SMILES string of the molecule is FC(F)(F)c1cn2cc(N3CCN(c4nc(C5CC5)ns4)CC3)ccc2n1. The van der Waals surface area contributed by atoms with Gasteiger partial charge in [-0.05, 0) is 25.0 Å². The predicted molar refractivity (Wildman–Crippen MR) is 96.5 cm³/mol. The van der Waals surface area contributed by atoms with E-state index in [0.717, 1.165) is 49.0 Å². The normalized spacial score (nSPS) is 18.5. The lowest BCUT2D eigenvalue weighted by Gasteiger charge is -2.35. The molecule has 1 aliphatic heterocycles. The summed E-state index contributed by atoms with van der Waals surface area (Å²) < 4.78 is 44.4. The van der Waals surface area contributed by atoms with Gasteiger partial charge in [-0.15, -0.1) is 0 Å². The van der Waals surface area contributed by atoms with E-state index >= 15 is 0 Å². The standard InChI is InChI=1S/C17H17F3N6S/c18-17(19,20)13-10-26-9-12(3-4-14(26)21-13)24-5-7-25(8-6-24)16-22-15(23-27-16)11-1-2-11/h3-4,9-11H,1-2,5-8H2. The van der Waals surface area contributed by atoms with Gasteiger partial charge < -0.3 is 14.2 Å². The summed E-state index contributed by atoms with van der Waals surface area (Å²) in [5, 5.41) is 0.969. The lowest BCUT2D eigenvalue weighted by molar-refractivity contribution is -0.140. The lowest BCUT2D eigenvalue weighted by atomic mass is 10.3. The minimum absolute atomic E-state index is 0.297. The number of imidazole rings is 1. The van der Waals surface area contributed by atoms with Crippen LogP contribution in [0.5, 0.6) is 0 Å². The highest BCUT2D eigenvalue weighted by Gasteiger charge is 2.34. The largest absolute Gasteiger partial charge is 0.434 e.